The van der Waals surface area contributed by atoms with E-state index in [1.807, 2.05) is 12.1 Å². The molecule has 0 radical (unpaired) electrons. The zero-order chi connectivity index (χ0) is 15.1. The summed E-state index contributed by atoms with van der Waals surface area (Å²) < 4.78 is 0. The Morgan fingerprint density at radius 2 is 2.00 bits per heavy atom. The van der Waals surface area contributed by atoms with Gasteiger partial charge in [-0.1, -0.05) is 35.6 Å². The number of nitrogens with zero attached hydrogens (tertiary/aromatic N) is 1. The summed E-state index contributed by atoms with van der Waals surface area (Å²) in [7, 11) is 0. The Morgan fingerprint density at radius 3 is 2.62 bits per heavy atom. The van der Waals surface area contributed by atoms with Gasteiger partial charge in [-0.25, -0.2) is 4.98 Å². The number of halogens is 1. The van der Waals surface area contributed by atoms with Crippen LogP contribution in [0, 0.1) is 11.8 Å². The van der Waals surface area contributed by atoms with Crippen LogP contribution >= 0.6 is 11.6 Å². The Morgan fingerprint density at radius 1 is 1.24 bits per heavy atom. The minimum absolute atomic E-state index is 0.205. The van der Waals surface area contributed by atoms with Crippen LogP contribution in [-0.2, 0) is 6.54 Å². The van der Waals surface area contributed by atoms with Crippen LogP contribution in [-0.4, -0.2) is 22.6 Å². The summed E-state index contributed by atoms with van der Waals surface area (Å²) in [6, 6.07) is 10.5. The van der Waals surface area contributed by atoms with E-state index in [0.29, 0.717) is 22.8 Å². The Kier molecular flexibility index (Phi) is 5.33. The normalized spacial score (nSPS) is 9.62. The molecule has 1 amide bonds. The van der Waals surface area contributed by atoms with E-state index in [0.717, 1.165) is 5.56 Å². The minimum atomic E-state index is -0.258. The number of carbonyl (C=O) groups excluding carboxylic acids is 1. The molecule has 21 heavy (non-hydrogen) atoms. The number of amides is 1. The second kappa shape index (κ2) is 7.44. The molecule has 2 aromatic rings. The molecular weight excluding hydrogens is 288 g/mol. The van der Waals surface area contributed by atoms with Crippen LogP contribution in [0.2, 0.25) is 5.02 Å². The summed E-state index contributed by atoms with van der Waals surface area (Å²) >= 11 is 5.80. The lowest BCUT2D eigenvalue weighted by molar-refractivity contribution is 0.0946. The first-order chi connectivity index (χ1) is 10.2. The van der Waals surface area contributed by atoms with Gasteiger partial charge < -0.3 is 10.4 Å². The molecule has 1 aromatic heterocycles. The van der Waals surface area contributed by atoms with Crippen molar-refractivity contribution >= 4 is 17.5 Å². The molecule has 0 aliphatic carbocycles. The van der Waals surface area contributed by atoms with Crippen molar-refractivity contribution in [1.82, 2.24) is 10.3 Å². The largest absolute Gasteiger partial charge is 0.384 e. The second-order valence-corrected chi connectivity index (χ2v) is 4.64. The maximum absolute atomic E-state index is 11.9. The minimum Gasteiger partial charge on any atom is -0.384 e. The van der Waals surface area contributed by atoms with Crippen LogP contribution in [0.1, 0.15) is 21.6 Å². The highest BCUT2D eigenvalue weighted by atomic mass is 35.5. The SMILES string of the molecule is O=C(NCc1ccc(Cl)cc1)c1ccc(C#CCO)cn1. The van der Waals surface area contributed by atoms with Gasteiger partial charge in [-0.15, -0.1) is 0 Å². The number of nitrogens with one attached hydrogen (secondary N) is 1. The molecule has 0 aliphatic heterocycles. The summed E-state index contributed by atoms with van der Waals surface area (Å²) in [6.45, 7) is 0.201. The molecule has 0 unspecified atom stereocenters. The van der Waals surface area contributed by atoms with E-state index in [2.05, 4.69) is 22.1 Å². The van der Waals surface area contributed by atoms with E-state index >= 15 is 0 Å². The van der Waals surface area contributed by atoms with Crippen LogP contribution in [0.15, 0.2) is 42.6 Å². The standard InChI is InChI=1S/C16H13ClN2O2/c17-14-6-3-13(4-7-14)11-19-16(21)15-8-5-12(10-18-15)2-1-9-20/h3-8,10,20H,9,11H2,(H,19,21). The van der Waals surface area contributed by atoms with Crippen LogP contribution in [0.5, 0.6) is 0 Å². The van der Waals surface area contributed by atoms with Crippen molar-refractivity contribution in [2.75, 3.05) is 6.61 Å². The summed E-state index contributed by atoms with van der Waals surface area (Å²) in [5.74, 6) is 4.98. The van der Waals surface area contributed by atoms with E-state index in [-0.39, 0.29) is 12.5 Å². The van der Waals surface area contributed by atoms with Crippen molar-refractivity contribution in [1.29, 1.82) is 0 Å². The first kappa shape index (κ1) is 15.0. The van der Waals surface area contributed by atoms with Crippen LogP contribution < -0.4 is 5.32 Å². The Balaban J connectivity index is 1.95. The summed E-state index contributed by atoms with van der Waals surface area (Å²) in [5.41, 5.74) is 1.93. The Hall–Kier alpha value is -2.35. The maximum atomic E-state index is 11.9. The molecule has 0 bridgehead atoms. The molecule has 2 N–H and O–H groups in total. The molecule has 0 atom stereocenters. The van der Waals surface area contributed by atoms with Crippen molar-refractivity contribution in [2.24, 2.45) is 0 Å². The molecule has 0 spiro atoms. The average Bonchev–Trinajstić information content (AvgIpc) is 2.52. The fraction of sp³-hybridized carbons (Fsp3) is 0.125. The van der Waals surface area contributed by atoms with Gasteiger partial charge in [-0.2, -0.15) is 0 Å². The highest BCUT2D eigenvalue weighted by molar-refractivity contribution is 6.30. The van der Waals surface area contributed by atoms with Gasteiger partial charge in [0.05, 0.1) is 0 Å². The first-order valence-corrected chi connectivity index (χ1v) is 6.65. The number of aromatic nitrogens is 1. The molecule has 2 rings (SSSR count). The third kappa shape index (κ3) is 4.60. The monoisotopic (exact) mass is 300 g/mol. The molecule has 1 heterocycles. The fourth-order valence-electron chi connectivity index (χ4n) is 1.62. The Labute approximate surface area is 127 Å². The molecule has 0 aliphatic rings. The van der Waals surface area contributed by atoms with Crippen LogP contribution in [0.3, 0.4) is 0 Å². The number of pyridine rings is 1. The van der Waals surface area contributed by atoms with Crippen LogP contribution in [0.4, 0.5) is 0 Å². The predicted octanol–water partition coefficient (Wildman–Crippen LogP) is 2.01. The van der Waals surface area contributed by atoms with Crippen molar-refractivity contribution in [3.8, 4) is 11.8 Å². The predicted molar refractivity (Wildman–Crippen MR) is 80.8 cm³/mol. The number of aliphatic hydroxyl groups excluding tert-OH is 1. The highest BCUT2D eigenvalue weighted by Crippen LogP contribution is 2.09. The molecular formula is C16H13ClN2O2. The first-order valence-electron chi connectivity index (χ1n) is 6.27. The number of aliphatic hydroxyl groups is 1. The fourth-order valence-corrected chi connectivity index (χ4v) is 1.74. The topological polar surface area (TPSA) is 62.2 Å². The number of benzene rings is 1. The molecule has 0 saturated carbocycles. The second-order valence-electron chi connectivity index (χ2n) is 4.20. The quantitative estimate of drug-likeness (QED) is 0.852. The summed E-state index contributed by atoms with van der Waals surface area (Å²) in [5, 5.41) is 12.0. The average molecular weight is 301 g/mol. The van der Waals surface area contributed by atoms with Crippen LogP contribution in [0.25, 0.3) is 0 Å². The lowest BCUT2D eigenvalue weighted by Crippen LogP contribution is -2.23. The van der Waals surface area contributed by atoms with Gasteiger partial charge in [0.25, 0.3) is 5.91 Å². The van der Waals surface area contributed by atoms with Gasteiger partial charge in [0.2, 0.25) is 0 Å². The molecule has 0 fully saturated rings. The Bertz CT molecular complexity index is 670. The van der Waals surface area contributed by atoms with Crippen molar-refractivity contribution in [3.05, 3.63) is 64.4 Å². The smallest absolute Gasteiger partial charge is 0.270 e. The van der Waals surface area contributed by atoms with Gasteiger partial charge in [-0.3, -0.25) is 4.79 Å². The van der Waals surface area contributed by atoms with Gasteiger partial charge in [0, 0.05) is 23.3 Å². The van der Waals surface area contributed by atoms with Crippen molar-refractivity contribution < 1.29 is 9.90 Å². The lowest BCUT2D eigenvalue weighted by atomic mass is 10.2. The van der Waals surface area contributed by atoms with E-state index in [1.165, 1.54) is 6.20 Å². The lowest BCUT2D eigenvalue weighted by Gasteiger charge is -2.05. The number of rotatable bonds is 3. The summed E-state index contributed by atoms with van der Waals surface area (Å²) in [4.78, 5) is 16.0. The number of hydrogen-bond donors (Lipinski definition) is 2. The molecule has 106 valence electrons. The van der Waals surface area contributed by atoms with Gasteiger partial charge in [0.15, 0.2) is 0 Å². The molecule has 4 nitrogen and oxygen atoms in total. The molecule has 0 saturated heterocycles. The molecule has 5 heteroatoms. The third-order valence-electron chi connectivity index (χ3n) is 2.67. The van der Waals surface area contributed by atoms with E-state index < -0.39 is 0 Å². The van der Waals surface area contributed by atoms with E-state index in [4.69, 9.17) is 16.7 Å². The van der Waals surface area contributed by atoms with Crippen molar-refractivity contribution in [3.63, 3.8) is 0 Å². The maximum Gasteiger partial charge on any atom is 0.270 e. The number of hydrogen-bond acceptors (Lipinski definition) is 3. The summed E-state index contributed by atoms with van der Waals surface area (Å²) in [6.07, 6.45) is 1.50. The zero-order valence-electron chi connectivity index (χ0n) is 11.1. The third-order valence-corrected chi connectivity index (χ3v) is 2.93. The zero-order valence-corrected chi connectivity index (χ0v) is 11.9. The number of carbonyl (C=O) groups is 1. The van der Waals surface area contributed by atoms with E-state index in [1.54, 1.807) is 24.3 Å². The van der Waals surface area contributed by atoms with Gasteiger partial charge in [-0.05, 0) is 29.8 Å². The highest BCUT2D eigenvalue weighted by Gasteiger charge is 2.06. The molecule has 1 aromatic carbocycles. The van der Waals surface area contributed by atoms with Gasteiger partial charge >= 0.3 is 0 Å². The van der Waals surface area contributed by atoms with Gasteiger partial charge in [0.1, 0.15) is 12.3 Å². The van der Waals surface area contributed by atoms with E-state index in [9.17, 15) is 4.79 Å². The van der Waals surface area contributed by atoms with Crippen molar-refractivity contribution in [2.45, 2.75) is 6.54 Å².